The normalized spacial score (nSPS) is 20.4. The molecule has 0 radical (unpaired) electrons. The number of hydrogen-bond acceptors (Lipinski definition) is 1. The molecule has 2 nitrogen and oxygen atoms in total. The quantitative estimate of drug-likeness (QED) is 0.624. The molecule has 0 unspecified atom stereocenters. The van der Waals surface area contributed by atoms with E-state index in [1.807, 2.05) is 0 Å². The highest BCUT2D eigenvalue weighted by Crippen LogP contribution is 2.42. The Morgan fingerprint density at radius 3 is 2.76 bits per heavy atom. The van der Waals surface area contributed by atoms with Crippen LogP contribution in [0.15, 0.2) is 48.5 Å². The van der Waals surface area contributed by atoms with Crippen LogP contribution in [-0.2, 0) is 19.5 Å². The first kappa shape index (κ1) is 15.2. The van der Waals surface area contributed by atoms with Crippen molar-refractivity contribution in [1.82, 2.24) is 9.47 Å². The van der Waals surface area contributed by atoms with Crippen molar-refractivity contribution >= 4 is 10.9 Å². The molecule has 0 amide bonds. The molecule has 0 bridgehead atoms. The summed E-state index contributed by atoms with van der Waals surface area (Å²) < 4.78 is 2.65. The summed E-state index contributed by atoms with van der Waals surface area (Å²) in [6, 6.07) is 18.6. The van der Waals surface area contributed by atoms with Crippen molar-refractivity contribution in [3.05, 3.63) is 70.9 Å². The van der Waals surface area contributed by atoms with Crippen molar-refractivity contribution in [1.29, 1.82) is 0 Å². The van der Waals surface area contributed by atoms with Gasteiger partial charge < -0.3 is 4.57 Å². The summed E-state index contributed by atoms with van der Waals surface area (Å²) >= 11 is 0. The van der Waals surface area contributed by atoms with Gasteiger partial charge in [0.2, 0.25) is 0 Å². The van der Waals surface area contributed by atoms with Crippen molar-refractivity contribution in [3.63, 3.8) is 0 Å². The smallest absolute Gasteiger partial charge is 0.0507 e. The summed E-state index contributed by atoms with van der Waals surface area (Å²) in [5.41, 5.74) is 7.54. The Morgan fingerprint density at radius 1 is 1.00 bits per heavy atom. The zero-order valence-electron chi connectivity index (χ0n) is 15.0. The number of aryl methyl sites for hydroxylation is 3. The van der Waals surface area contributed by atoms with Gasteiger partial charge in [-0.05, 0) is 55.9 Å². The van der Waals surface area contributed by atoms with E-state index >= 15 is 0 Å². The Balaban J connectivity index is 1.62. The minimum absolute atomic E-state index is 0.583. The van der Waals surface area contributed by atoms with E-state index in [9.17, 15) is 0 Å². The molecule has 1 aliphatic heterocycles. The van der Waals surface area contributed by atoms with Crippen LogP contribution in [0.3, 0.4) is 0 Å². The van der Waals surface area contributed by atoms with Crippen molar-refractivity contribution in [2.24, 2.45) is 0 Å². The molecule has 1 aromatic heterocycles. The monoisotopic (exact) mass is 330 g/mol. The number of fused-ring (bicyclic) bond motifs is 3. The van der Waals surface area contributed by atoms with Gasteiger partial charge in [-0.3, -0.25) is 4.90 Å². The molecule has 0 saturated carbocycles. The Morgan fingerprint density at radius 2 is 1.88 bits per heavy atom. The van der Waals surface area contributed by atoms with Gasteiger partial charge in [0.05, 0.1) is 6.04 Å². The van der Waals surface area contributed by atoms with E-state index < -0.39 is 0 Å². The van der Waals surface area contributed by atoms with Gasteiger partial charge in [-0.15, -0.1) is 0 Å². The largest absolute Gasteiger partial charge is 0.343 e. The van der Waals surface area contributed by atoms with Crippen molar-refractivity contribution in [2.45, 2.75) is 51.7 Å². The fourth-order valence-corrected chi connectivity index (χ4v) is 5.00. The Kier molecular flexibility index (Phi) is 3.67. The molecular formula is C23H26N2. The standard InChI is InChI=1S/C23H26N2/c1-17-11-12-21-20(15-17)19-9-5-10-22-23(19)25(21)14-6-13-24(22)16-18-7-3-2-4-8-18/h2-4,7-8,11-12,15,22H,5-6,9-10,13-14,16H2,1H3/t22-/m1/s1. The molecule has 2 aromatic carbocycles. The predicted octanol–water partition coefficient (Wildman–Crippen LogP) is 5.23. The molecule has 0 saturated heterocycles. The summed E-state index contributed by atoms with van der Waals surface area (Å²) in [4.78, 5) is 2.74. The SMILES string of the molecule is Cc1ccc2c(c1)c1c3n2CCCN(Cc2ccccc2)[C@@H]3CCC1. The fourth-order valence-electron chi connectivity index (χ4n) is 5.00. The number of rotatable bonds is 2. The molecule has 5 rings (SSSR count). The lowest BCUT2D eigenvalue weighted by atomic mass is 9.90. The molecule has 0 spiro atoms. The molecule has 2 heterocycles. The highest BCUT2D eigenvalue weighted by atomic mass is 15.2. The maximum atomic E-state index is 2.74. The molecule has 1 aliphatic carbocycles. The van der Waals surface area contributed by atoms with E-state index in [1.54, 1.807) is 11.3 Å². The molecule has 1 atom stereocenters. The van der Waals surface area contributed by atoms with Gasteiger partial charge in [0, 0.05) is 36.2 Å². The second kappa shape index (κ2) is 6.03. The van der Waals surface area contributed by atoms with Gasteiger partial charge in [-0.1, -0.05) is 42.0 Å². The molecule has 2 heteroatoms. The molecule has 2 aliphatic rings. The zero-order chi connectivity index (χ0) is 16.8. The minimum Gasteiger partial charge on any atom is -0.343 e. The second-order valence-corrected chi connectivity index (χ2v) is 7.75. The van der Waals surface area contributed by atoms with Gasteiger partial charge in [0.25, 0.3) is 0 Å². The third-order valence-corrected chi connectivity index (χ3v) is 6.08. The molecular weight excluding hydrogens is 304 g/mol. The third kappa shape index (κ3) is 2.51. The summed E-state index contributed by atoms with van der Waals surface area (Å²) in [5, 5.41) is 1.52. The lowest BCUT2D eigenvalue weighted by molar-refractivity contribution is 0.173. The number of nitrogens with zero attached hydrogens (tertiary/aromatic N) is 2. The van der Waals surface area contributed by atoms with E-state index in [4.69, 9.17) is 0 Å². The average molecular weight is 330 g/mol. The van der Waals surface area contributed by atoms with E-state index in [2.05, 4.69) is 64.9 Å². The van der Waals surface area contributed by atoms with Crippen molar-refractivity contribution < 1.29 is 0 Å². The summed E-state index contributed by atoms with van der Waals surface area (Å²) in [5.74, 6) is 0. The fraction of sp³-hybridized carbons (Fsp3) is 0.391. The molecule has 0 N–H and O–H groups in total. The van der Waals surface area contributed by atoms with E-state index in [-0.39, 0.29) is 0 Å². The Hall–Kier alpha value is -2.06. The number of benzene rings is 2. The van der Waals surface area contributed by atoms with Crippen LogP contribution in [-0.4, -0.2) is 16.0 Å². The van der Waals surface area contributed by atoms with Crippen LogP contribution >= 0.6 is 0 Å². The second-order valence-electron chi connectivity index (χ2n) is 7.75. The van der Waals surface area contributed by atoms with E-state index in [1.165, 1.54) is 54.3 Å². The van der Waals surface area contributed by atoms with E-state index in [0.29, 0.717) is 6.04 Å². The first-order valence-corrected chi connectivity index (χ1v) is 9.71. The molecule has 3 aromatic rings. The van der Waals surface area contributed by atoms with Crippen LogP contribution in [0.2, 0.25) is 0 Å². The summed E-state index contributed by atoms with van der Waals surface area (Å²) in [7, 11) is 0. The van der Waals surface area contributed by atoms with Crippen LogP contribution in [0.1, 0.15) is 47.7 Å². The topological polar surface area (TPSA) is 8.17 Å². The van der Waals surface area contributed by atoms with Crippen LogP contribution in [0.5, 0.6) is 0 Å². The molecule has 128 valence electrons. The Bertz CT molecular complexity index is 903. The average Bonchev–Trinajstić information content (AvgIpc) is 2.83. The summed E-state index contributed by atoms with van der Waals surface area (Å²) in [6.45, 7) is 5.66. The first-order chi connectivity index (χ1) is 12.3. The van der Waals surface area contributed by atoms with Gasteiger partial charge in [0.15, 0.2) is 0 Å². The maximum absolute atomic E-state index is 2.74. The lowest BCUT2D eigenvalue weighted by Gasteiger charge is -2.33. The zero-order valence-corrected chi connectivity index (χ0v) is 15.0. The first-order valence-electron chi connectivity index (χ1n) is 9.71. The highest BCUT2D eigenvalue weighted by molar-refractivity contribution is 5.86. The molecule has 25 heavy (non-hydrogen) atoms. The van der Waals surface area contributed by atoms with Crippen LogP contribution in [0.25, 0.3) is 10.9 Å². The van der Waals surface area contributed by atoms with Gasteiger partial charge in [0.1, 0.15) is 0 Å². The van der Waals surface area contributed by atoms with Crippen LogP contribution in [0, 0.1) is 6.92 Å². The van der Waals surface area contributed by atoms with Gasteiger partial charge in [-0.2, -0.15) is 0 Å². The van der Waals surface area contributed by atoms with Crippen LogP contribution in [0.4, 0.5) is 0 Å². The highest BCUT2D eigenvalue weighted by Gasteiger charge is 2.33. The maximum Gasteiger partial charge on any atom is 0.0507 e. The summed E-state index contributed by atoms with van der Waals surface area (Å²) in [6.07, 6.45) is 5.11. The number of hydrogen-bond donors (Lipinski definition) is 0. The molecule has 0 fully saturated rings. The van der Waals surface area contributed by atoms with Crippen molar-refractivity contribution in [2.75, 3.05) is 6.54 Å². The van der Waals surface area contributed by atoms with Crippen LogP contribution < -0.4 is 0 Å². The number of aromatic nitrogens is 1. The Labute approximate surface area is 150 Å². The van der Waals surface area contributed by atoms with Gasteiger partial charge >= 0.3 is 0 Å². The minimum atomic E-state index is 0.583. The van der Waals surface area contributed by atoms with Gasteiger partial charge in [-0.25, -0.2) is 0 Å². The third-order valence-electron chi connectivity index (χ3n) is 6.08. The van der Waals surface area contributed by atoms with E-state index in [0.717, 1.165) is 13.1 Å². The lowest BCUT2D eigenvalue weighted by Crippen LogP contribution is -2.30. The predicted molar refractivity (Wildman–Crippen MR) is 104 cm³/mol. The van der Waals surface area contributed by atoms with Crippen molar-refractivity contribution in [3.8, 4) is 0 Å².